The van der Waals surface area contributed by atoms with Gasteiger partial charge >= 0.3 is 6.03 Å². The Labute approximate surface area is 167 Å². The number of rotatable bonds is 3. The van der Waals surface area contributed by atoms with Crippen LogP contribution in [-0.2, 0) is 19.5 Å². The molecule has 6 heteroatoms. The SMILES string of the molecule is O=C(Nc1ccc(F)c(Cl)c1)N1CCc2c(c3ccccc3n2CC2CC2)C1. The highest BCUT2D eigenvalue weighted by molar-refractivity contribution is 6.31. The van der Waals surface area contributed by atoms with Crippen LogP contribution in [0.5, 0.6) is 0 Å². The quantitative estimate of drug-likeness (QED) is 0.628. The highest BCUT2D eigenvalue weighted by atomic mass is 35.5. The van der Waals surface area contributed by atoms with E-state index in [1.807, 2.05) is 4.90 Å². The molecule has 1 saturated carbocycles. The molecule has 2 amide bonds. The fourth-order valence-electron chi connectivity index (χ4n) is 4.12. The van der Waals surface area contributed by atoms with E-state index in [0.717, 1.165) is 18.9 Å². The van der Waals surface area contributed by atoms with Gasteiger partial charge in [0.15, 0.2) is 0 Å². The van der Waals surface area contributed by atoms with Crippen molar-refractivity contribution in [1.82, 2.24) is 9.47 Å². The van der Waals surface area contributed by atoms with Gasteiger partial charge in [0.2, 0.25) is 0 Å². The minimum Gasteiger partial charge on any atom is -0.344 e. The second-order valence-electron chi connectivity index (χ2n) is 7.73. The lowest BCUT2D eigenvalue weighted by molar-refractivity contribution is 0.206. The number of carbonyl (C=O) groups excluding carboxylic acids is 1. The van der Waals surface area contributed by atoms with Gasteiger partial charge in [-0.1, -0.05) is 29.8 Å². The molecule has 1 N–H and O–H groups in total. The molecule has 4 nitrogen and oxygen atoms in total. The van der Waals surface area contributed by atoms with E-state index in [1.165, 1.54) is 53.2 Å². The van der Waals surface area contributed by atoms with Crippen LogP contribution < -0.4 is 5.32 Å². The number of nitrogens with zero attached hydrogens (tertiary/aromatic N) is 2. The van der Waals surface area contributed by atoms with Crippen molar-refractivity contribution in [3.8, 4) is 0 Å². The summed E-state index contributed by atoms with van der Waals surface area (Å²) in [7, 11) is 0. The number of fused-ring (bicyclic) bond motifs is 3. The zero-order valence-corrected chi connectivity index (χ0v) is 16.2. The van der Waals surface area contributed by atoms with Crippen LogP contribution in [0.3, 0.4) is 0 Å². The van der Waals surface area contributed by atoms with Crippen molar-refractivity contribution in [2.75, 3.05) is 11.9 Å². The van der Waals surface area contributed by atoms with Gasteiger partial charge in [0.05, 0.1) is 5.02 Å². The third-order valence-electron chi connectivity index (χ3n) is 5.76. The van der Waals surface area contributed by atoms with E-state index in [2.05, 4.69) is 34.1 Å². The zero-order valence-electron chi connectivity index (χ0n) is 15.4. The van der Waals surface area contributed by atoms with E-state index in [9.17, 15) is 9.18 Å². The monoisotopic (exact) mass is 397 g/mol. The Hall–Kier alpha value is -2.53. The van der Waals surface area contributed by atoms with Gasteiger partial charge in [-0.15, -0.1) is 0 Å². The lowest BCUT2D eigenvalue weighted by Gasteiger charge is -2.28. The molecular weight excluding hydrogens is 377 g/mol. The first-order valence-electron chi connectivity index (χ1n) is 9.70. The Morgan fingerprint density at radius 3 is 2.82 bits per heavy atom. The van der Waals surface area contributed by atoms with E-state index < -0.39 is 5.82 Å². The lowest BCUT2D eigenvalue weighted by Crippen LogP contribution is -2.39. The molecule has 1 aliphatic carbocycles. The number of benzene rings is 2. The highest BCUT2D eigenvalue weighted by Crippen LogP contribution is 2.36. The number of nitrogens with one attached hydrogen (secondary N) is 1. The summed E-state index contributed by atoms with van der Waals surface area (Å²) in [4.78, 5) is 14.6. The molecule has 3 aromatic rings. The number of para-hydroxylation sites is 1. The minimum absolute atomic E-state index is 0.00174. The van der Waals surface area contributed by atoms with Gasteiger partial charge in [-0.3, -0.25) is 0 Å². The third kappa shape index (κ3) is 3.14. The second kappa shape index (κ2) is 6.82. The number of urea groups is 1. The number of aromatic nitrogens is 1. The summed E-state index contributed by atoms with van der Waals surface area (Å²) < 4.78 is 15.8. The van der Waals surface area contributed by atoms with Crippen LogP contribution in [0.1, 0.15) is 24.1 Å². The average Bonchev–Trinajstić information content (AvgIpc) is 3.47. The molecule has 0 radical (unpaired) electrons. The molecule has 2 aromatic carbocycles. The third-order valence-corrected chi connectivity index (χ3v) is 6.05. The molecule has 0 saturated heterocycles. The summed E-state index contributed by atoms with van der Waals surface area (Å²) in [6, 6.07) is 12.5. The Kier molecular flexibility index (Phi) is 4.27. The smallest absolute Gasteiger partial charge is 0.322 e. The van der Waals surface area contributed by atoms with Crippen LogP contribution >= 0.6 is 11.6 Å². The predicted molar refractivity (Wildman–Crippen MR) is 109 cm³/mol. The van der Waals surface area contributed by atoms with Crippen LogP contribution in [0.2, 0.25) is 5.02 Å². The van der Waals surface area contributed by atoms with Gasteiger partial charge < -0.3 is 14.8 Å². The number of amides is 2. The van der Waals surface area contributed by atoms with Crippen molar-refractivity contribution < 1.29 is 9.18 Å². The largest absolute Gasteiger partial charge is 0.344 e. The molecule has 0 spiro atoms. The van der Waals surface area contributed by atoms with Crippen LogP contribution in [-0.4, -0.2) is 22.0 Å². The standard InChI is InChI=1S/C22H21ClFN3O/c23-18-11-15(7-8-19(18)24)25-22(28)26-10-9-21-17(13-26)16-3-1-2-4-20(16)27(21)12-14-5-6-14/h1-4,7-8,11,14H,5-6,9-10,12-13H2,(H,25,28). The summed E-state index contributed by atoms with van der Waals surface area (Å²) in [6.07, 6.45) is 3.47. The lowest BCUT2D eigenvalue weighted by atomic mass is 10.0. The summed E-state index contributed by atoms with van der Waals surface area (Å²) in [6.45, 7) is 2.32. The van der Waals surface area contributed by atoms with Crippen LogP contribution in [0, 0.1) is 11.7 Å². The Morgan fingerprint density at radius 2 is 2.04 bits per heavy atom. The minimum atomic E-state index is -0.495. The Morgan fingerprint density at radius 1 is 1.21 bits per heavy atom. The number of carbonyl (C=O) groups is 1. The maximum Gasteiger partial charge on any atom is 0.322 e. The summed E-state index contributed by atoms with van der Waals surface area (Å²) >= 11 is 5.82. The van der Waals surface area contributed by atoms with Crippen molar-refractivity contribution in [3.05, 3.63) is 64.6 Å². The van der Waals surface area contributed by atoms with E-state index in [-0.39, 0.29) is 11.1 Å². The van der Waals surface area contributed by atoms with Crippen molar-refractivity contribution >= 4 is 34.2 Å². The fraction of sp³-hybridized carbons (Fsp3) is 0.318. The molecule has 0 unspecified atom stereocenters. The fourth-order valence-corrected chi connectivity index (χ4v) is 4.30. The number of anilines is 1. The molecule has 1 aromatic heterocycles. The normalized spacial score (nSPS) is 16.3. The molecule has 5 rings (SSSR count). The molecule has 2 aliphatic rings. The number of hydrogen-bond donors (Lipinski definition) is 1. The highest BCUT2D eigenvalue weighted by Gasteiger charge is 2.29. The van der Waals surface area contributed by atoms with Crippen LogP contribution in [0.4, 0.5) is 14.9 Å². The van der Waals surface area contributed by atoms with Crippen molar-refractivity contribution in [3.63, 3.8) is 0 Å². The molecule has 0 bridgehead atoms. The molecule has 28 heavy (non-hydrogen) atoms. The first-order valence-corrected chi connectivity index (χ1v) is 10.1. The predicted octanol–water partition coefficient (Wildman–Crippen LogP) is 5.43. The molecular formula is C22H21ClFN3O. The van der Waals surface area contributed by atoms with Crippen molar-refractivity contribution in [1.29, 1.82) is 0 Å². The Balaban J connectivity index is 1.41. The zero-order chi connectivity index (χ0) is 19.3. The van der Waals surface area contributed by atoms with Gasteiger partial charge in [-0.05, 0) is 43.0 Å². The van der Waals surface area contributed by atoms with Crippen LogP contribution in [0.25, 0.3) is 10.9 Å². The molecule has 144 valence electrons. The van der Waals surface area contributed by atoms with Crippen molar-refractivity contribution in [2.24, 2.45) is 5.92 Å². The average molecular weight is 398 g/mol. The summed E-state index contributed by atoms with van der Waals surface area (Å²) in [5, 5.41) is 4.07. The molecule has 1 fully saturated rings. The number of halogens is 2. The van der Waals surface area contributed by atoms with Gasteiger partial charge in [0.1, 0.15) is 5.82 Å². The maximum absolute atomic E-state index is 13.3. The summed E-state index contributed by atoms with van der Waals surface area (Å²) in [5.41, 5.74) is 4.38. The van der Waals surface area contributed by atoms with Crippen molar-refractivity contribution in [2.45, 2.75) is 32.4 Å². The van der Waals surface area contributed by atoms with Gasteiger partial charge in [0.25, 0.3) is 0 Å². The van der Waals surface area contributed by atoms with E-state index in [4.69, 9.17) is 11.6 Å². The molecule has 1 aliphatic heterocycles. The van der Waals surface area contributed by atoms with E-state index in [0.29, 0.717) is 18.8 Å². The van der Waals surface area contributed by atoms with Gasteiger partial charge in [0, 0.05) is 53.9 Å². The first kappa shape index (κ1) is 17.6. The topological polar surface area (TPSA) is 37.3 Å². The maximum atomic E-state index is 13.3. The van der Waals surface area contributed by atoms with E-state index in [1.54, 1.807) is 0 Å². The second-order valence-corrected chi connectivity index (χ2v) is 8.13. The first-order chi connectivity index (χ1) is 13.6. The summed E-state index contributed by atoms with van der Waals surface area (Å²) in [5.74, 6) is 0.301. The number of hydrogen-bond acceptors (Lipinski definition) is 1. The molecule has 0 atom stereocenters. The Bertz CT molecular complexity index is 1070. The molecule has 2 heterocycles. The van der Waals surface area contributed by atoms with Gasteiger partial charge in [-0.25, -0.2) is 9.18 Å². The van der Waals surface area contributed by atoms with Crippen LogP contribution in [0.15, 0.2) is 42.5 Å². The van der Waals surface area contributed by atoms with E-state index >= 15 is 0 Å². The van der Waals surface area contributed by atoms with Gasteiger partial charge in [-0.2, -0.15) is 0 Å².